The highest BCUT2D eigenvalue weighted by molar-refractivity contribution is 5.76. The summed E-state index contributed by atoms with van der Waals surface area (Å²) >= 11 is 0. The van der Waals surface area contributed by atoms with Crippen LogP contribution in [0.2, 0.25) is 0 Å². The number of aliphatic carboxylic acids is 1. The molecule has 9 heteroatoms. The first-order chi connectivity index (χ1) is 9.27. The Labute approximate surface area is 112 Å². The zero-order valence-corrected chi connectivity index (χ0v) is 10.2. The van der Waals surface area contributed by atoms with Crippen LogP contribution in [0.5, 0.6) is 0 Å². The van der Waals surface area contributed by atoms with E-state index in [2.05, 4.69) is 5.48 Å². The molecule has 0 heterocycles. The molecule has 6 nitrogen and oxygen atoms in total. The van der Waals surface area contributed by atoms with Gasteiger partial charge in [0.2, 0.25) is 0 Å². The van der Waals surface area contributed by atoms with Gasteiger partial charge in [0.05, 0.1) is 13.2 Å². The number of carboxylic acids is 1. The molecule has 1 amide bonds. The van der Waals surface area contributed by atoms with E-state index in [1.165, 1.54) is 0 Å². The van der Waals surface area contributed by atoms with Gasteiger partial charge in [0, 0.05) is 0 Å². The highest BCUT2D eigenvalue weighted by Crippen LogP contribution is 2.13. The summed E-state index contributed by atoms with van der Waals surface area (Å²) in [5.74, 6) is -3.08. The molecule has 1 aromatic rings. The fraction of sp³-hybridized carbons (Fsp3) is 0.273. The van der Waals surface area contributed by atoms with Gasteiger partial charge in [-0.25, -0.2) is 10.3 Å². The van der Waals surface area contributed by atoms with Crippen molar-refractivity contribution in [3.8, 4) is 0 Å². The van der Waals surface area contributed by atoms with Crippen molar-refractivity contribution >= 4 is 11.9 Å². The molecule has 0 saturated carbocycles. The van der Waals surface area contributed by atoms with Gasteiger partial charge in [-0.3, -0.25) is 9.63 Å². The van der Waals surface area contributed by atoms with Crippen LogP contribution in [0.1, 0.15) is 5.56 Å². The normalized spacial score (nSPS) is 10.2. The molecule has 0 aliphatic carbocycles. The van der Waals surface area contributed by atoms with E-state index < -0.39 is 12.1 Å². The molecule has 112 valence electrons. The molecule has 4 N–H and O–H groups in total. The van der Waals surface area contributed by atoms with E-state index in [1.54, 1.807) is 0 Å². The summed E-state index contributed by atoms with van der Waals surface area (Å²) in [5, 5.41) is 7.12. The van der Waals surface area contributed by atoms with Crippen LogP contribution in [-0.2, 0) is 21.0 Å². The second kappa shape index (κ2) is 8.88. The molecule has 0 radical (unpaired) electrons. The van der Waals surface area contributed by atoms with E-state index in [0.717, 1.165) is 5.56 Å². The Morgan fingerprint density at radius 3 is 2.15 bits per heavy atom. The van der Waals surface area contributed by atoms with Gasteiger partial charge < -0.3 is 10.8 Å². The molecule has 0 atom stereocenters. The molecule has 0 bridgehead atoms. The quantitative estimate of drug-likeness (QED) is 0.714. The van der Waals surface area contributed by atoms with Crippen molar-refractivity contribution in [2.75, 3.05) is 6.54 Å². The van der Waals surface area contributed by atoms with Gasteiger partial charge in [-0.05, 0) is 5.56 Å². The first-order valence-electron chi connectivity index (χ1n) is 5.22. The lowest BCUT2D eigenvalue weighted by Crippen LogP contribution is -2.30. The molecule has 1 aromatic carbocycles. The zero-order chi connectivity index (χ0) is 15.6. The summed E-state index contributed by atoms with van der Waals surface area (Å²) in [4.78, 5) is 24.4. The molecule has 0 aliphatic rings. The van der Waals surface area contributed by atoms with Gasteiger partial charge in [0.25, 0.3) is 5.91 Å². The molecule has 0 saturated heterocycles. The van der Waals surface area contributed by atoms with Crippen molar-refractivity contribution < 1.29 is 32.7 Å². The van der Waals surface area contributed by atoms with E-state index in [1.807, 2.05) is 30.3 Å². The van der Waals surface area contributed by atoms with Crippen molar-refractivity contribution in [1.82, 2.24) is 5.48 Å². The minimum atomic E-state index is -5.08. The predicted molar refractivity (Wildman–Crippen MR) is 62.1 cm³/mol. The summed E-state index contributed by atoms with van der Waals surface area (Å²) < 4.78 is 31.7. The van der Waals surface area contributed by atoms with E-state index in [9.17, 15) is 18.0 Å². The number of hydrogen-bond acceptors (Lipinski definition) is 4. The van der Waals surface area contributed by atoms with Crippen molar-refractivity contribution in [3.63, 3.8) is 0 Å². The number of amides is 1. The number of nitrogens with two attached hydrogens (primary N) is 1. The molecular weight excluding hydrogens is 281 g/mol. The number of carbonyl (C=O) groups is 2. The summed E-state index contributed by atoms with van der Waals surface area (Å²) in [6, 6.07) is 9.55. The van der Waals surface area contributed by atoms with Crippen LogP contribution in [0, 0.1) is 0 Å². The molecule has 0 spiro atoms. The average molecular weight is 294 g/mol. The number of halogens is 3. The smallest absolute Gasteiger partial charge is 0.475 e. The Morgan fingerprint density at radius 2 is 1.75 bits per heavy atom. The largest absolute Gasteiger partial charge is 0.490 e. The van der Waals surface area contributed by atoms with Crippen molar-refractivity contribution in [1.29, 1.82) is 0 Å². The van der Waals surface area contributed by atoms with Gasteiger partial charge in [-0.1, -0.05) is 30.3 Å². The summed E-state index contributed by atoms with van der Waals surface area (Å²) in [5.41, 5.74) is 8.28. The fourth-order valence-corrected chi connectivity index (χ4v) is 0.816. The van der Waals surface area contributed by atoms with Crippen LogP contribution in [0.3, 0.4) is 0 Å². The first kappa shape index (κ1) is 17.9. The van der Waals surface area contributed by atoms with Crippen LogP contribution in [-0.4, -0.2) is 29.7 Å². The standard InChI is InChI=1S/C9H12N2O2.C2HF3O2/c10-6-9(12)11-13-7-8-4-2-1-3-5-8;3-2(4,5)1(6)7/h1-5H,6-7,10H2,(H,11,12);(H,6,7). The molecule has 0 aliphatic heterocycles. The van der Waals surface area contributed by atoms with E-state index in [-0.39, 0.29) is 12.5 Å². The first-order valence-corrected chi connectivity index (χ1v) is 5.22. The number of hydrogen-bond donors (Lipinski definition) is 3. The fourth-order valence-electron chi connectivity index (χ4n) is 0.816. The van der Waals surface area contributed by atoms with Crippen LogP contribution >= 0.6 is 0 Å². The number of hydroxylamine groups is 1. The second-order valence-electron chi connectivity index (χ2n) is 3.31. The van der Waals surface area contributed by atoms with Crippen LogP contribution in [0.15, 0.2) is 30.3 Å². The lowest BCUT2D eigenvalue weighted by Gasteiger charge is -2.03. The van der Waals surface area contributed by atoms with E-state index in [0.29, 0.717) is 6.61 Å². The third-order valence-electron chi connectivity index (χ3n) is 1.70. The molecule has 0 unspecified atom stereocenters. The molecule has 20 heavy (non-hydrogen) atoms. The maximum absolute atomic E-state index is 10.6. The molecule has 0 fully saturated rings. The monoisotopic (exact) mass is 294 g/mol. The van der Waals surface area contributed by atoms with E-state index >= 15 is 0 Å². The Hall–Kier alpha value is -2.13. The Morgan fingerprint density at radius 1 is 1.25 bits per heavy atom. The highest BCUT2D eigenvalue weighted by atomic mass is 19.4. The minimum Gasteiger partial charge on any atom is -0.475 e. The topological polar surface area (TPSA) is 102 Å². The van der Waals surface area contributed by atoms with Crippen molar-refractivity contribution in [2.45, 2.75) is 12.8 Å². The zero-order valence-electron chi connectivity index (χ0n) is 10.2. The Bertz CT molecular complexity index is 423. The Kier molecular flexibility index (Phi) is 7.94. The number of rotatable bonds is 4. The van der Waals surface area contributed by atoms with Crippen molar-refractivity contribution in [3.05, 3.63) is 35.9 Å². The lowest BCUT2D eigenvalue weighted by molar-refractivity contribution is -0.192. The number of nitrogens with one attached hydrogen (secondary N) is 1. The molecule has 0 aromatic heterocycles. The van der Waals surface area contributed by atoms with Gasteiger partial charge in [0.1, 0.15) is 0 Å². The van der Waals surface area contributed by atoms with Crippen LogP contribution in [0.25, 0.3) is 0 Å². The third kappa shape index (κ3) is 8.89. The van der Waals surface area contributed by atoms with Gasteiger partial charge in [0.15, 0.2) is 0 Å². The maximum Gasteiger partial charge on any atom is 0.490 e. The lowest BCUT2D eigenvalue weighted by atomic mass is 10.2. The number of carbonyl (C=O) groups excluding carboxylic acids is 1. The summed E-state index contributed by atoms with van der Waals surface area (Å²) in [7, 11) is 0. The van der Waals surface area contributed by atoms with E-state index in [4.69, 9.17) is 20.5 Å². The van der Waals surface area contributed by atoms with Gasteiger partial charge >= 0.3 is 12.1 Å². The summed E-state index contributed by atoms with van der Waals surface area (Å²) in [6.45, 7) is 0.293. The minimum absolute atomic E-state index is 0.0607. The highest BCUT2D eigenvalue weighted by Gasteiger charge is 2.38. The number of carboxylic acid groups (broad SMARTS) is 1. The maximum atomic E-state index is 10.6. The molecular formula is C11H13F3N2O4. The van der Waals surface area contributed by atoms with Crippen LogP contribution in [0.4, 0.5) is 13.2 Å². The number of benzene rings is 1. The predicted octanol–water partition coefficient (Wildman–Crippen LogP) is 0.826. The van der Waals surface area contributed by atoms with Gasteiger partial charge in [-0.2, -0.15) is 13.2 Å². The molecule has 1 rings (SSSR count). The number of alkyl halides is 3. The Balaban J connectivity index is 0.000000441. The third-order valence-corrected chi connectivity index (χ3v) is 1.70. The van der Waals surface area contributed by atoms with Crippen LogP contribution < -0.4 is 11.2 Å². The average Bonchev–Trinajstić information content (AvgIpc) is 2.39. The second-order valence-corrected chi connectivity index (χ2v) is 3.31. The summed E-state index contributed by atoms with van der Waals surface area (Å²) in [6.07, 6.45) is -5.08. The van der Waals surface area contributed by atoms with Crippen molar-refractivity contribution in [2.24, 2.45) is 5.73 Å². The SMILES string of the molecule is NCC(=O)NOCc1ccccc1.O=C(O)C(F)(F)F. The van der Waals surface area contributed by atoms with Gasteiger partial charge in [-0.15, -0.1) is 0 Å².